The lowest BCUT2D eigenvalue weighted by Crippen LogP contribution is -2.09. The van der Waals surface area contributed by atoms with Crippen molar-refractivity contribution in [2.75, 3.05) is 0 Å². The molecule has 22 heavy (non-hydrogen) atoms. The quantitative estimate of drug-likeness (QED) is 0.470. The Kier molecular flexibility index (Phi) is 3.41. The third-order valence-corrected chi connectivity index (χ3v) is 3.40. The number of Topliss-reactive ketones (excluding diaryl/α,β-unsaturated/α-hetero) is 1. The van der Waals surface area contributed by atoms with Gasteiger partial charge >= 0.3 is 11.4 Å². The number of benzene rings is 1. The van der Waals surface area contributed by atoms with Gasteiger partial charge in [-0.15, -0.1) is 0 Å². The summed E-state index contributed by atoms with van der Waals surface area (Å²) < 4.78 is 0. The molecule has 9 heteroatoms. The summed E-state index contributed by atoms with van der Waals surface area (Å²) in [5.74, 6) is -2.95. The molecule has 0 aromatic heterocycles. The van der Waals surface area contributed by atoms with E-state index in [1.807, 2.05) is 0 Å². The minimum Gasteiger partial charge on any atom is -0.289 e. The van der Waals surface area contributed by atoms with Crippen LogP contribution in [0.1, 0.15) is 21.8 Å². The Bertz CT molecular complexity index is 816. The van der Waals surface area contributed by atoms with Gasteiger partial charge in [0.1, 0.15) is 5.92 Å². The SMILES string of the molecule is C=C1C(=O)c2cc([N+](=O)[O-])c([N+](=O)[O-])cc2C1C(C#N)C#N. The van der Waals surface area contributed by atoms with E-state index >= 15 is 0 Å². The highest BCUT2D eigenvalue weighted by atomic mass is 16.6. The van der Waals surface area contributed by atoms with Crippen LogP contribution in [0.4, 0.5) is 11.4 Å². The number of ketones is 1. The average molecular weight is 298 g/mol. The molecule has 1 aliphatic carbocycles. The second-order valence-corrected chi connectivity index (χ2v) is 4.51. The van der Waals surface area contributed by atoms with E-state index in [1.54, 1.807) is 12.1 Å². The number of nitro benzene ring substituents is 2. The van der Waals surface area contributed by atoms with Gasteiger partial charge in [-0.3, -0.25) is 25.0 Å². The van der Waals surface area contributed by atoms with E-state index in [9.17, 15) is 25.0 Å². The molecule has 1 atom stereocenters. The summed E-state index contributed by atoms with van der Waals surface area (Å²) in [4.78, 5) is 32.0. The van der Waals surface area contributed by atoms with Crippen LogP contribution in [0.2, 0.25) is 0 Å². The zero-order valence-corrected chi connectivity index (χ0v) is 10.8. The van der Waals surface area contributed by atoms with Crippen molar-refractivity contribution in [2.24, 2.45) is 5.92 Å². The number of carbonyl (C=O) groups is 1. The van der Waals surface area contributed by atoms with Crippen molar-refractivity contribution in [2.45, 2.75) is 5.92 Å². The van der Waals surface area contributed by atoms with Crippen molar-refractivity contribution in [3.8, 4) is 12.1 Å². The molecule has 0 amide bonds. The molecule has 9 nitrogen and oxygen atoms in total. The molecule has 0 bridgehead atoms. The van der Waals surface area contributed by atoms with Gasteiger partial charge in [-0.25, -0.2) is 0 Å². The van der Waals surface area contributed by atoms with Crippen molar-refractivity contribution < 1.29 is 14.6 Å². The highest BCUT2D eigenvalue weighted by Gasteiger charge is 2.42. The largest absolute Gasteiger partial charge is 0.346 e. The minimum atomic E-state index is -1.27. The number of nitro groups is 2. The summed E-state index contributed by atoms with van der Waals surface area (Å²) in [5.41, 5.74) is -1.80. The van der Waals surface area contributed by atoms with Crippen LogP contribution in [0, 0.1) is 48.8 Å². The number of rotatable bonds is 3. The van der Waals surface area contributed by atoms with Crippen molar-refractivity contribution in [1.29, 1.82) is 10.5 Å². The fourth-order valence-electron chi connectivity index (χ4n) is 2.40. The van der Waals surface area contributed by atoms with E-state index in [4.69, 9.17) is 10.5 Å². The summed E-state index contributed by atoms with van der Waals surface area (Å²) in [5, 5.41) is 39.8. The van der Waals surface area contributed by atoms with Crippen molar-refractivity contribution >= 4 is 17.2 Å². The number of carbonyl (C=O) groups excluding carboxylic acids is 1. The van der Waals surface area contributed by atoms with Crippen LogP contribution in [0.3, 0.4) is 0 Å². The lowest BCUT2D eigenvalue weighted by molar-refractivity contribution is -0.422. The monoisotopic (exact) mass is 298 g/mol. The predicted octanol–water partition coefficient (Wildman–Crippen LogP) is 2.00. The van der Waals surface area contributed by atoms with E-state index in [0.29, 0.717) is 0 Å². The summed E-state index contributed by atoms with van der Waals surface area (Å²) >= 11 is 0. The zero-order chi connectivity index (χ0) is 16.6. The Balaban J connectivity index is 2.78. The van der Waals surface area contributed by atoms with Gasteiger partial charge in [-0.2, -0.15) is 10.5 Å². The van der Waals surface area contributed by atoms with Gasteiger partial charge in [0.15, 0.2) is 5.78 Å². The molecule has 0 saturated carbocycles. The first-order chi connectivity index (χ1) is 10.3. The van der Waals surface area contributed by atoms with Crippen LogP contribution in [-0.4, -0.2) is 15.6 Å². The Hall–Kier alpha value is -3.59. The third kappa shape index (κ3) is 1.98. The van der Waals surface area contributed by atoms with Gasteiger partial charge in [-0.1, -0.05) is 6.58 Å². The minimum absolute atomic E-state index is 0.0420. The van der Waals surface area contributed by atoms with Gasteiger partial charge in [0.25, 0.3) is 0 Å². The molecule has 1 aliphatic rings. The molecule has 1 aromatic rings. The van der Waals surface area contributed by atoms with E-state index in [0.717, 1.165) is 12.1 Å². The van der Waals surface area contributed by atoms with Crippen LogP contribution >= 0.6 is 0 Å². The topological polar surface area (TPSA) is 151 Å². The van der Waals surface area contributed by atoms with Crippen LogP contribution < -0.4 is 0 Å². The van der Waals surface area contributed by atoms with Crippen molar-refractivity contribution in [1.82, 2.24) is 0 Å². The van der Waals surface area contributed by atoms with Crippen molar-refractivity contribution in [3.05, 3.63) is 55.6 Å². The summed E-state index contributed by atoms with van der Waals surface area (Å²) in [6.45, 7) is 3.51. The van der Waals surface area contributed by atoms with Crippen LogP contribution in [0.5, 0.6) is 0 Å². The number of fused-ring (bicyclic) bond motifs is 1. The standard InChI is InChI=1S/C13H6N4O5/c1-6-12(7(4-14)5-15)8-2-10(16(19)20)11(17(21)22)3-9(8)13(6)18/h2-3,7,12H,1H2. The van der Waals surface area contributed by atoms with E-state index in [-0.39, 0.29) is 16.7 Å². The Morgan fingerprint density at radius 2 is 1.64 bits per heavy atom. The highest BCUT2D eigenvalue weighted by Crippen LogP contribution is 2.45. The Morgan fingerprint density at radius 1 is 1.14 bits per heavy atom. The smallest absolute Gasteiger partial charge is 0.289 e. The number of hydrogen-bond acceptors (Lipinski definition) is 7. The molecule has 1 unspecified atom stereocenters. The van der Waals surface area contributed by atoms with Crippen LogP contribution in [0.25, 0.3) is 0 Å². The lowest BCUT2D eigenvalue weighted by Gasteiger charge is -2.11. The van der Waals surface area contributed by atoms with Gasteiger partial charge in [0, 0.05) is 29.2 Å². The maximum atomic E-state index is 12.1. The molecule has 0 radical (unpaired) electrons. The third-order valence-electron chi connectivity index (χ3n) is 3.40. The maximum Gasteiger partial charge on any atom is 0.346 e. The van der Waals surface area contributed by atoms with Crippen LogP contribution in [-0.2, 0) is 0 Å². The van der Waals surface area contributed by atoms with E-state index < -0.39 is 38.8 Å². The number of allylic oxidation sites excluding steroid dienone is 1. The highest BCUT2D eigenvalue weighted by molar-refractivity contribution is 6.14. The molecule has 0 spiro atoms. The van der Waals surface area contributed by atoms with Crippen LogP contribution in [0.15, 0.2) is 24.3 Å². The second-order valence-electron chi connectivity index (χ2n) is 4.51. The van der Waals surface area contributed by atoms with Crippen molar-refractivity contribution in [3.63, 3.8) is 0 Å². The first kappa shape index (κ1) is 14.8. The molecule has 0 N–H and O–H groups in total. The Morgan fingerprint density at radius 3 is 2.09 bits per heavy atom. The molecule has 0 saturated heterocycles. The molecule has 0 aliphatic heterocycles. The fourth-order valence-corrected chi connectivity index (χ4v) is 2.40. The first-order valence-electron chi connectivity index (χ1n) is 5.83. The number of hydrogen-bond donors (Lipinski definition) is 0. The molecule has 2 rings (SSSR count). The molecule has 1 aromatic carbocycles. The fraction of sp³-hybridized carbons (Fsp3) is 0.154. The normalized spacial score (nSPS) is 16.0. The first-order valence-corrected chi connectivity index (χ1v) is 5.83. The summed E-state index contributed by atoms with van der Waals surface area (Å²) in [6, 6.07) is 5.06. The molecule has 0 heterocycles. The second kappa shape index (κ2) is 5.07. The predicted molar refractivity (Wildman–Crippen MR) is 70.7 cm³/mol. The maximum absolute atomic E-state index is 12.1. The number of nitrogens with zero attached hydrogens (tertiary/aromatic N) is 4. The van der Waals surface area contributed by atoms with Gasteiger partial charge in [-0.05, 0) is 5.56 Å². The summed E-state index contributed by atoms with van der Waals surface area (Å²) in [7, 11) is 0. The average Bonchev–Trinajstić information content (AvgIpc) is 2.72. The molecule has 108 valence electrons. The Labute approximate surface area is 123 Å². The van der Waals surface area contributed by atoms with Gasteiger partial charge < -0.3 is 0 Å². The number of nitriles is 2. The molecular formula is C13H6N4O5. The van der Waals surface area contributed by atoms with E-state index in [2.05, 4.69) is 6.58 Å². The molecular weight excluding hydrogens is 292 g/mol. The van der Waals surface area contributed by atoms with E-state index in [1.165, 1.54) is 0 Å². The molecule has 0 fully saturated rings. The summed E-state index contributed by atoms with van der Waals surface area (Å²) in [6.07, 6.45) is 0. The lowest BCUT2D eigenvalue weighted by atomic mass is 9.86. The van der Waals surface area contributed by atoms with Gasteiger partial charge in [0.2, 0.25) is 0 Å². The zero-order valence-electron chi connectivity index (χ0n) is 10.8. The van der Waals surface area contributed by atoms with Gasteiger partial charge in [0.05, 0.1) is 22.0 Å².